The summed E-state index contributed by atoms with van der Waals surface area (Å²) < 4.78 is 0. The standard InChI is InChI=1S/C17H23N3/c1-16(2)12-7-8-17(16,3)14(9-12)19-13-6-4-5-11-10-18-20-15(11)13/h4-6,10,12,14,19H,7-9H2,1-3H3,(H,18,20). The normalized spacial score (nSPS) is 34.8. The lowest BCUT2D eigenvalue weighted by atomic mass is 9.69. The second-order valence-electron chi connectivity index (χ2n) is 7.45. The van der Waals surface area contributed by atoms with Crippen LogP contribution in [0.5, 0.6) is 0 Å². The number of hydrogen-bond donors (Lipinski definition) is 2. The average molecular weight is 269 g/mol. The summed E-state index contributed by atoms with van der Waals surface area (Å²) in [6, 6.07) is 6.96. The van der Waals surface area contributed by atoms with Crippen molar-refractivity contribution < 1.29 is 0 Å². The minimum absolute atomic E-state index is 0.403. The van der Waals surface area contributed by atoms with Crippen molar-refractivity contribution in [2.75, 3.05) is 5.32 Å². The van der Waals surface area contributed by atoms with Crippen LogP contribution >= 0.6 is 0 Å². The number of hydrogen-bond acceptors (Lipinski definition) is 2. The molecule has 2 aromatic rings. The Labute approximate surface area is 120 Å². The fraction of sp³-hybridized carbons (Fsp3) is 0.588. The molecule has 2 saturated carbocycles. The number of nitrogens with zero attached hydrogens (tertiary/aromatic N) is 1. The molecule has 4 rings (SSSR count). The van der Waals surface area contributed by atoms with Gasteiger partial charge >= 0.3 is 0 Å². The zero-order chi connectivity index (χ0) is 14.0. The molecule has 106 valence electrons. The van der Waals surface area contributed by atoms with Crippen molar-refractivity contribution in [1.82, 2.24) is 10.2 Å². The Hall–Kier alpha value is -1.51. The van der Waals surface area contributed by atoms with Crippen molar-refractivity contribution in [1.29, 1.82) is 0 Å². The lowest BCUT2D eigenvalue weighted by Crippen LogP contribution is -2.40. The van der Waals surface area contributed by atoms with Crippen LogP contribution in [0.4, 0.5) is 5.69 Å². The maximum Gasteiger partial charge on any atom is 0.0881 e. The average Bonchev–Trinajstić information content (AvgIpc) is 3.02. The second kappa shape index (κ2) is 3.78. The largest absolute Gasteiger partial charge is 0.380 e. The molecular weight excluding hydrogens is 246 g/mol. The van der Waals surface area contributed by atoms with Crippen molar-refractivity contribution in [3.8, 4) is 0 Å². The summed E-state index contributed by atoms with van der Waals surface area (Å²) in [5, 5.41) is 12.3. The molecular formula is C17H23N3. The van der Waals surface area contributed by atoms with Crippen LogP contribution in [0.25, 0.3) is 10.9 Å². The summed E-state index contributed by atoms with van der Waals surface area (Å²) in [7, 11) is 0. The number of H-pyrrole nitrogens is 1. The van der Waals surface area contributed by atoms with E-state index in [-0.39, 0.29) is 0 Å². The Balaban J connectivity index is 1.69. The smallest absolute Gasteiger partial charge is 0.0881 e. The first-order valence-corrected chi connectivity index (χ1v) is 7.71. The second-order valence-corrected chi connectivity index (χ2v) is 7.45. The molecule has 1 aromatic carbocycles. The highest BCUT2D eigenvalue weighted by Gasteiger charge is 2.61. The van der Waals surface area contributed by atoms with E-state index in [1.807, 2.05) is 6.20 Å². The number of rotatable bonds is 2. The van der Waals surface area contributed by atoms with Gasteiger partial charge in [-0.1, -0.05) is 32.9 Å². The van der Waals surface area contributed by atoms with E-state index in [2.05, 4.69) is 54.5 Å². The molecule has 3 heteroatoms. The van der Waals surface area contributed by atoms with Crippen LogP contribution in [0, 0.1) is 16.7 Å². The molecule has 3 atom stereocenters. The number of aromatic nitrogens is 2. The lowest BCUT2D eigenvalue weighted by molar-refractivity contribution is 0.142. The fourth-order valence-electron chi connectivity index (χ4n) is 4.70. The molecule has 2 aliphatic rings. The molecule has 3 unspecified atom stereocenters. The van der Waals surface area contributed by atoms with Gasteiger partial charge in [-0.25, -0.2) is 0 Å². The van der Waals surface area contributed by atoms with Crippen LogP contribution < -0.4 is 5.32 Å². The van der Waals surface area contributed by atoms with E-state index in [1.165, 1.54) is 30.3 Å². The van der Waals surface area contributed by atoms with E-state index in [0.29, 0.717) is 16.9 Å². The molecule has 2 aliphatic carbocycles. The van der Waals surface area contributed by atoms with Crippen molar-refractivity contribution in [2.45, 2.75) is 46.1 Å². The summed E-state index contributed by atoms with van der Waals surface area (Å²) in [4.78, 5) is 0. The maximum atomic E-state index is 4.17. The van der Waals surface area contributed by atoms with Gasteiger partial charge < -0.3 is 5.32 Å². The summed E-state index contributed by atoms with van der Waals surface area (Å²) in [5.41, 5.74) is 3.19. The van der Waals surface area contributed by atoms with E-state index in [9.17, 15) is 0 Å². The highest BCUT2D eigenvalue weighted by molar-refractivity contribution is 5.90. The van der Waals surface area contributed by atoms with Crippen LogP contribution in [0.1, 0.15) is 40.0 Å². The van der Waals surface area contributed by atoms with Gasteiger partial charge in [-0.15, -0.1) is 0 Å². The molecule has 1 aromatic heterocycles. The Kier molecular flexibility index (Phi) is 2.31. The maximum absolute atomic E-state index is 4.17. The predicted octanol–water partition coefficient (Wildman–Crippen LogP) is 4.19. The SMILES string of the molecule is CC1(C)C2CCC1(C)C(Nc1cccc3cn[nH]c13)C2. The molecule has 0 radical (unpaired) electrons. The number of fused-ring (bicyclic) bond motifs is 3. The van der Waals surface area contributed by atoms with Crippen LogP contribution in [-0.4, -0.2) is 16.2 Å². The molecule has 0 saturated heterocycles. The van der Waals surface area contributed by atoms with Crippen molar-refractivity contribution in [3.63, 3.8) is 0 Å². The zero-order valence-electron chi connectivity index (χ0n) is 12.5. The van der Waals surface area contributed by atoms with Crippen LogP contribution in [0.15, 0.2) is 24.4 Å². The van der Waals surface area contributed by atoms with Crippen LogP contribution in [0.3, 0.4) is 0 Å². The summed E-state index contributed by atoms with van der Waals surface area (Å²) in [6.45, 7) is 7.40. The topological polar surface area (TPSA) is 40.7 Å². The minimum Gasteiger partial charge on any atom is -0.380 e. The molecule has 1 heterocycles. The Morgan fingerprint density at radius 3 is 2.85 bits per heavy atom. The van der Waals surface area contributed by atoms with Gasteiger partial charge in [-0.3, -0.25) is 5.10 Å². The predicted molar refractivity (Wildman–Crippen MR) is 82.7 cm³/mol. The molecule has 0 spiro atoms. The van der Waals surface area contributed by atoms with E-state index >= 15 is 0 Å². The Morgan fingerprint density at radius 1 is 1.30 bits per heavy atom. The highest BCUT2D eigenvalue weighted by atomic mass is 15.1. The van der Waals surface area contributed by atoms with E-state index < -0.39 is 0 Å². The number of anilines is 1. The van der Waals surface area contributed by atoms with Gasteiger partial charge in [0, 0.05) is 11.4 Å². The van der Waals surface area contributed by atoms with E-state index in [0.717, 1.165) is 11.4 Å². The molecule has 0 amide bonds. The minimum atomic E-state index is 0.403. The summed E-state index contributed by atoms with van der Waals surface area (Å²) >= 11 is 0. The van der Waals surface area contributed by atoms with Crippen molar-refractivity contribution >= 4 is 16.6 Å². The number of aromatic amines is 1. The Bertz CT molecular complexity index is 657. The van der Waals surface area contributed by atoms with Gasteiger partial charge in [0.15, 0.2) is 0 Å². The van der Waals surface area contributed by atoms with Gasteiger partial charge in [0.2, 0.25) is 0 Å². The molecule has 0 aliphatic heterocycles. The Morgan fingerprint density at radius 2 is 2.15 bits per heavy atom. The first-order valence-electron chi connectivity index (χ1n) is 7.71. The van der Waals surface area contributed by atoms with Gasteiger partial charge in [0.25, 0.3) is 0 Å². The van der Waals surface area contributed by atoms with Gasteiger partial charge in [0.1, 0.15) is 0 Å². The van der Waals surface area contributed by atoms with E-state index in [1.54, 1.807) is 0 Å². The number of para-hydroxylation sites is 1. The number of benzene rings is 1. The fourth-order valence-corrected chi connectivity index (χ4v) is 4.70. The van der Waals surface area contributed by atoms with Gasteiger partial charge in [-0.2, -0.15) is 5.10 Å². The summed E-state index contributed by atoms with van der Waals surface area (Å²) in [5.74, 6) is 0.867. The van der Waals surface area contributed by atoms with Crippen LogP contribution in [-0.2, 0) is 0 Å². The third-order valence-corrected chi connectivity index (χ3v) is 6.60. The van der Waals surface area contributed by atoms with E-state index in [4.69, 9.17) is 0 Å². The zero-order valence-corrected chi connectivity index (χ0v) is 12.5. The summed E-state index contributed by atoms with van der Waals surface area (Å²) in [6.07, 6.45) is 5.94. The lowest BCUT2D eigenvalue weighted by Gasteiger charge is -2.40. The number of nitrogens with one attached hydrogen (secondary N) is 2. The molecule has 20 heavy (non-hydrogen) atoms. The third kappa shape index (κ3) is 1.38. The first-order chi connectivity index (χ1) is 9.52. The van der Waals surface area contributed by atoms with Gasteiger partial charge in [0.05, 0.1) is 17.4 Å². The molecule has 2 bridgehead atoms. The van der Waals surface area contributed by atoms with Crippen molar-refractivity contribution in [2.24, 2.45) is 16.7 Å². The monoisotopic (exact) mass is 269 g/mol. The highest BCUT2D eigenvalue weighted by Crippen LogP contribution is 2.65. The molecule has 3 nitrogen and oxygen atoms in total. The van der Waals surface area contributed by atoms with Gasteiger partial charge in [-0.05, 0) is 42.1 Å². The quantitative estimate of drug-likeness (QED) is 0.858. The molecule has 2 fully saturated rings. The van der Waals surface area contributed by atoms with Crippen molar-refractivity contribution in [3.05, 3.63) is 24.4 Å². The van der Waals surface area contributed by atoms with Crippen LogP contribution in [0.2, 0.25) is 0 Å². The third-order valence-electron chi connectivity index (χ3n) is 6.60. The first kappa shape index (κ1) is 12.2. The molecule has 2 N–H and O–H groups in total.